The van der Waals surface area contributed by atoms with Crippen LogP contribution in [-0.2, 0) is 9.59 Å². The first-order chi connectivity index (χ1) is 13.1. The number of aliphatic hydroxyl groups excluding tert-OH is 1. The van der Waals surface area contributed by atoms with Crippen LogP contribution < -0.4 is 5.09 Å². The Morgan fingerprint density at radius 2 is 1.41 bits per heavy atom. The Morgan fingerprint density at radius 3 is 1.93 bits per heavy atom. The molecule has 158 valence electrons. The molecule has 0 saturated heterocycles. The SMILES string of the molecule is CCCCCCCC/C=C\CCCCCCCC(=O)PNC(CO)C(=O)O. The summed E-state index contributed by atoms with van der Waals surface area (Å²) in [5.74, 6) is -1.13. The van der Waals surface area contributed by atoms with Crippen LogP contribution in [0.2, 0.25) is 0 Å². The van der Waals surface area contributed by atoms with Crippen molar-refractivity contribution in [3.63, 3.8) is 0 Å². The Hall–Kier alpha value is -0.770. The van der Waals surface area contributed by atoms with Crippen LogP contribution in [0.1, 0.15) is 96.8 Å². The quantitative estimate of drug-likeness (QED) is 0.149. The highest BCUT2D eigenvalue weighted by atomic mass is 31.1. The van der Waals surface area contributed by atoms with Gasteiger partial charge in [0, 0.05) is 15.2 Å². The minimum Gasteiger partial charge on any atom is -0.480 e. The Kier molecular flexibility index (Phi) is 19.4. The second kappa shape index (κ2) is 20.0. The molecule has 0 heterocycles. The van der Waals surface area contributed by atoms with Crippen LogP contribution in [0.15, 0.2) is 12.2 Å². The summed E-state index contributed by atoms with van der Waals surface area (Å²) >= 11 is 0. The molecule has 0 aliphatic rings. The number of carboxylic acids is 1. The fourth-order valence-corrected chi connectivity index (χ4v) is 3.62. The minimum atomic E-state index is -1.13. The van der Waals surface area contributed by atoms with Gasteiger partial charge in [-0.2, -0.15) is 0 Å². The first kappa shape index (κ1) is 26.2. The molecule has 27 heavy (non-hydrogen) atoms. The average Bonchev–Trinajstić information content (AvgIpc) is 2.65. The zero-order valence-electron chi connectivity index (χ0n) is 17.0. The number of aliphatic hydroxyl groups is 1. The Morgan fingerprint density at radius 1 is 0.889 bits per heavy atom. The molecule has 3 N–H and O–H groups in total. The minimum absolute atomic E-state index is 0.0346. The lowest BCUT2D eigenvalue weighted by Gasteiger charge is -2.10. The number of unbranched alkanes of at least 4 members (excludes halogenated alkanes) is 11. The zero-order valence-corrected chi connectivity index (χ0v) is 18.0. The maximum absolute atomic E-state index is 11.7. The summed E-state index contributed by atoms with van der Waals surface area (Å²) in [5, 5.41) is 20.2. The summed E-state index contributed by atoms with van der Waals surface area (Å²) in [6, 6.07) is -1.04. The van der Waals surface area contributed by atoms with Crippen molar-refractivity contribution in [1.29, 1.82) is 0 Å². The maximum atomic E-state index is 11.7. The summed E-state index contributed by atoms with van der Waals surface area (Å²) in [5.41, 5.74) is 0.0346. The van der Waals surface area contributed by atoms with Gasteiger partial charge in [0.1, 0.15) is 6.04 Å². The molecule has 0 spiro atoms. The number of hydrogen-bond donors (Lipinski definition) is 3. The predicted molar refractivity (Wildman–Crippen MR) is 114 cm³/mol. The van der Waals surface area contributed by atoms with Crippen molar-refractivity contribution in [2.24, 2.45) is 0 Å². The van der Waals surface area contributed by atoms with Crippen LogP contribution >= 0.6 is 8.73 Å². The van der Waals surface area contributed by atoms with Gasteiger partial charge in [0.15, 0.2) is 5.52 Å². The second-order valence-electron chi connectivity index (χ2n) is 7.10. The van der Waals surface area contributed by atoms with Gasteiger partial charge in [-0.25, -0.2) is 0 Å². The van der Waals surface area contributed by atoms with Gasteiger partial charge in [0.25, 0.3) is 0 Å². The summed E-state index contributed by atoms with van der Waals surface area (Å²) in [4.78, 5) is 22.4. The molecule has 0 aromatic carbocycles. The molecule has 2 unspecified atom stereocenters. The number of carbonyl (C=O) groups is 2. The van der Waals surface area contributed by atoms with Gasteiger partial charge in [-0.05, 0) is 32.1 Å². The van der Waals surface area contributed by atoms with Crippen molar-refractivity contribution in [3.05, 3.63) is 12.2 Å². The van der Waals surface area contributed by atoms with E-state index in [-0.39, 0.29) is 14.3 Å². The van der Waals surface area contributed by atoms with E-state index in [9.17, 15) is 9.59 Å². The largest absolute Gasteiger partial charge is 0.480 e. The second-order valence-corrected chi connectivity index (χ2v) is 8.20. The van der Waals surface area contributed by atoms with Gasteiger partial charge in [0.2, 0.25) is 0 Å². The molecule has 0 aromatic rings. The molecule has 0 saturated carbocycles. The molecule has 0 aromatic heterocycles. The van der Waals surface area contributed by atoms with E-state index in [0.29, 0.717) is 6.42 Å². The van der Waals surface area contributed by atoms with Crippen molar-refractivity contribution in [3.8, 4) is 0 Å². The van der Waals surface area contributed by atoms with E-state index in [1.54, 1.807) is 0 Å². The van der Waals surface area contributed by atoms with E-state index in [0.717, 1.165) is 25.7 Å². The molecule has 0 aliphatic carbocycles. The topological polar surface area (TPSA) is 86.6 Å². The molecule has 0 radical (unpaired) electrons. The third kappa shape index (κ3) is 18.4. The number of carboxylic acid groups (broad SMARTS) is 1. The summed E-state index contributed by atoms with van der Waals surface area (Å²) < 4.78 is 0. The smallest absolute Gasteiger partial charge is 0.323 e. The number of nitrogens with one attached hydrogen (secondary N) is 1. The molecular weight excluding hydrogens is 361 g/mol. The Balaban J connectivity index is 3.36. The van der Waals surface area contributed by atoms with Crippen molar-refractivity contribution >= 4 is 20.2 Å². The fraction of sp³-hybridized carbons (Fsp3) is 0.810. The van der Waals surface area contributed by atoms with E-state index >= 15 is 0 Å². The molecule has 0 rings (SSSR count). The summed E-state index contributed by atoms with van der Waals surface area (Å²) in [6.45, 7) is 1.75. The molecule has 0 fully saturated rings. The first-order valence-electron chi connectivity index (χ1n) is 10.6. The van der Waals surface area contributed by atoms with E-state index in [2.05, 4.69) is 24.2 Å². The van der Waals surface area contributed by atoms with Crippen molar-refractivity contribution in [1.82, 2.24) is 5.09 Å². The molecule has 0 aliphatic heterocycles. The molecule has 0 bridgehead atoms. The van der Waals surface area contributed by atoms with Gasteiger partial charge < -0.3 is 10.2 Å². The fourth-order valence-electron chi connectivity index (χ4n) is 2.77. The number of aliphatic carboxylic acids is 1. The van der Waals surface area contributed by atoms with E-state index in [1.807, 2.05) is 0 Å². The van der Waals surface area contributed by atoms with Crippen LogP contribution in [0.25, 0.3) is 0 Å². The monoisotopic (exact) mass is 401 g/mol. The highest BCUT2D eigenvalue weighted by Crippen LogP contribution is 2.15. The number of allylic oxidation sites excluding steroid dienone is 2. The molecule has 6 heteroatoms. The summed E-state index contributed by atoms with van der Waals surface area (Å²) in [6.07, 6.45) is 21.0. The van der Waals surface area contributed by atoms with E-state index in [1.165, 1.54) is 57.8 Å². The lowest BCUT2D eigenvalue weighted by atomic mass is 10.1. The summed E-state index contributed by atoms with van der Waals surface area (Å²) in [7, 11) is -0.242. The van der Waals surface area contributed by atoms with Crippen molar-refractivity contribution in [2.45, 2.75) is 103 Å². The zero-order chi connectivity index (χ0) is 20.2. The van der Waals surface area contributed by atoms with E-state index < -0.39 is 18.6 Å². The van der Waals surface area contributed by atoms with Crippen LogP contribution in [0, 0.1) is 0 Å². The van der Waals surface area contributed by atoms with Gasteiger partial charge in [0.05, 0.1) is 6.61 Å². The third-order valence-corrected chi connectivity index (χ3v) is 5.55. The van der Waals surface area contributed by atoms with Crippen LogP contribution in [0.3, 0.4) is 0 Å². The Bertz CT molecular complexity index is 402. The highest BCUT2D eigenvalue weighted by Gasteiger charge is 2.16. The van der Waals surface area contributed by atoms with Crippen LogP contribution in [0.5, 0.6) is 0 Å². The molecule has 2 atom stereocenters. The molecule has 5 nitrogen and oxygen atoms in total. The molecule has 0 amide bonds. The maximum Gasteiger partial charge on any atom is 0.323 e. The highest BCUT2D eigenvalue weighted by molar-refractivity contribution is 7.55. The standard InChI is InChI=1S/C21H40NO4P/c1-2-3-4-5-6-7-8-9-10-11-12-13-14-15-16-17-20(24)27-22-19(18-23)21(25)26/h9-10,19,22-23,27H,2-8,11-18H2,1H3,(H,25,26)/b10-9-. The van der Waals surface area contributed by atoms with Gasteiger partial charge >= 0.3 is 5.97 Å². The van der Waals surface area contributed by atoms with E-state index in [4.69, 9.17) is 10.2 Å². The number of hydrogen-bond acceptors (Lipinski definition) is 4. The van der Waals surface area contributed by atoms with Crippen molar-refractivity contribution < 1.29 is 19.8 Å². The number of rotatable bonds is 20. The van der Waals surface area contributed by atoms with Crippen LogP contribution in [0.4, 0.5) is 0 Å². The van der Waals surface area contributed by atoms with Gasteiger partial charge in [-0.3, -0.25) is 14.7 Å². The average molecular weight is 402 g/mol. The van der Waals surface area contributed by atoms with Gasteiger partial charge in [-0.1, -0.05) is 70.4 Å². The molecular formula is C21H40NO4P. The Labute approximate surface area is 167 Å². The first-order valence-corrected chi connectivity index (χ1v) is 11.6. The lowest BCUT2D eigenvalue weighted by Crippen LogP contribution is -2.35. The third-order valence-electron chi connectivity index (χ3n) is 4.53. The normalized spacial score (nSPS) is 13.0. The number of carbonyl (C=O) groups excluding carboxylic acids is 1. The predicted octanol–water partition coefficient (Wildman–Crippen LogP) is 5.18. The van der Waals surface area contributed by atoms with Crippen LogP contribution in [-0.4, -0.2) is 34.4 Å². The van der Waals surface area contributed by atoms with Crippen molar-refractivity contribution in [2.75, 3.05) is 6.61 Å². The van der Waals surface area contributed by atoms with Gasteiger partial charge in [-0.15, -0.1) is 0 Å². The lowest BCUT2D eigenvalue weighted by molar-refractivity contribution is -0.139.